The second-order valence-corrected chi connectivity index (χ2v) is 5.13. The molecule has 6 nitrogen and oxygen atoms in total. The van der Waals surface area contributed by atoms with Crippen LogP contribution in [0.2, 0.25) is 0 Å². The van der Waals surface area contributed by atoms with Crippen LogP contribution in [0.1, 0.15) is 26.3 Å². The first kappa shape index (κ1) is 18.5. The second-order valence-electron chi connectivity index (χ2n) is 5.13. The van der Waals surface area contributed by atoms with E-state index in [1.807, 2.05) is 0 Å². The molecular formula is C19H19O6. The van der Waals surface area contributed by atoms with Gasteiger partial charge in [-0.2, -0.15) is 0 Å². The quantitative estimate of drug-likeness (QED) is 0.586. The number of benzene rings is 2. The van der Waals surface area contributed by atoms with Gasteiger partial charge in [0.25, 0.3) is 0 Å². The van der Waals surface area contributed by atoms with Gasteiger partial charge in [-0.05, 0) is 24.3 Å². The molecule has 6 heteroatoms. The molecule has 0 heterocycles. The number of methoxy groups -OCH3 is 3. The van der Waals surface area contributed by atoms with Gasteiger partial charge in [-0.1, -0.05) is 12.1 Å². The molecule has 25 heavy (non-hydrogen) atoms. The van der Waals surface area contributed by atoms with Crippen LogP contribution in [0.15, 0.2) is 36.4 Å². The Hall–Kier alpha value is -2.86. The molecule has 0 spiro atoms. The van der Waals surface area contributed by atoms with Crippen molar-refractivity contribution in [1.82, 2.24) is 0 Å². The third kappa shape index (κ3) is 4.16. The monoisotopic (exact) mass is 343 g/mol. The van der Waals surface area contributed by atoms with E-state index in [2.05, 4.69) is 0 Å². The minimum Gasteiger partial charge on any atom is -0.496 e. The maximum atomic E-state index is 12.3. The van der Waals surface area contributed by atoms with Gasteiger partial charge >= 0.3 is 0 Å². The topological polar surface area (TPSA) is 82.1 Å². The molecule has 0 saturated carbocycles. The van der Waals surface area contributed by atoms with Crippen molar-refractivity contribution in [3.05, 3.63) is 59.5 Å². The Labute approximate surface area is 146 Å². The summed E-state index contributed by atoms with van der Waals surface area (Å²) in [5, 5.41) is 9.22. The van der Waals surface area contributed by atoms with Gasteiger partial charge in [0.05, 0.1) is 27.9 Å². The average molecular weight is 343 g/mol. The third-order valence-corrected chi connectivity index (χ3v) is 3.67. The van der Waals surface area contributed by atoms with Crippen LogP contribution in [0.25, 0.3) is 0 Å². The minimum atomic E-state index is -0.456. The van der Waals surface area contributed by atoms with Gasteiger partial charge < -0.3 is 19.3 Å². The molecular weight excluding hydrogens is 324 g/mol. The highest BCUT2D eigenvalue weighted by Gasteiger charge is 2.17. The van der Waals surface area contributed by atoms with Crippen molar-refractivity contribution in [3.8, 4) is 17.2 Å². The predicted octanol–water partition coefficient (Wildman–Crippen LogP) is 2.47. The summed E-state index contributed by atoms with van der Waals surface area (Å²) in [6.07, 6.45) is 1.01. The fourth-order valence-electron chi connectivity index (χ4n) is 2.30. The molecule has 1 radical (unpaired) electrons. The van der Waals surface area contributed by atoms with E-state index in [1.165, 1.54) is 39.5 Å². The van der Waals surface area contributed by atoms with Crippen molar-refractivity contribution in [3.63, 3.8) is 0 Å². The Morgan fingerprint density at radius 2 is 1.36 bits per heavy atom. The SMILES string of the molecule is COc1cc(C(=O)[CH]C(=O)c2ccc(OC)c(OC)c2)ccc1CO. The maximum Gasteiger partial charge on any atom is 0.175 e. The molecule has 2 aromatic rings. The zero-order chi connectivity index (χ0) is 18.4. The molecule has 0 aromatic heterocycles. The highest BCUT2D eigenvalue weighted by atomic mass is 16.5. The Morgan fingerprint density at radius 1 is 0.840 bits per heavy atom. The lowest BCUT2D eigenvalue weighted by Gasteiger charge is -2.10. The van der Waals surface area contributed by atoms with Gasteiger partial charge in [-0.15, -0.1) is 0 Å². The Kier molecular flexibility index (Phi) is 6.14. The lowest BCUT2D eigenvalue weighted by atomic mass is 10.00. The first-order valence-corrected chi connectivity index (χ1v) is 7.47. The first-order valence-electron chi connectivity index (χ1n) is 7.47. The molecule has 0 saturated heterocycles. The largest absolute Gasteiger partial charge is 0.496 e. The Bertz CT molecular complexity index is 716. The molecule has 1 N–H and O–H groups in total. The number of aliphatic hydroxyl groups excluding tert-OH is 1. The summed E-state index contributed by atoms with van der Waals surface area (Å²) in [6, 6.07) is 9.29. The lowest BCUT2D eigenvalue weighted by molar-refractivity contribution is 0.0956. The number of carbonyl (C=O) groups is 2. The molecule has 0 atom stereocenters. The fraction of sp³-hybridized carbons (Fsp3) is 0.211. The Morgan fingerprint density at radius 3 is 1.88 bits per heavy atom. The van der Waals surface area contributed by atoms with Crippen molar-refractivity contribution in [1.29, 1.82) is 0 Å². The third-order valence-electron chi connectivity index (χ3n) is 3.67. The summed E-state index contributed by atoms with van der Waals surface area (Å²) in [7, 11) is 4.41. The normalized spacial score (nSPS) is 10.2. The number of Topliss-reactive ketones (excluding diaryl/α,β-unsaturated/α-hetero) is 2. The highest BCUT2D eigenvalue weighted by Crippen LogP contribution is 2.28. The van der Waals surface area contributed by atoms with E-state index >= 15 is 0 Å². The summed E-state index contributed by atoms with van der Waals surface area (Å²) in [5.41, 5.74) is 1.16. The van der Waals surface area contributed by atoms with Crippen LogP contribution < -0.4 is 14.2 Å². The standard InChI is InChI=1S/C19H19O6/c1-23-17-7-6-13(9-19(17)25-3)16(22)10-15(21)12-4-5-14(11-20)18(8-12)24-2/h4-10,20H,11H2,1-3H3. The maximum absolute atomic E-state index is 12.3. The average Bonchev–Trinajstić information content (AvgIpc) is 2.66. The van der Waals surface area contributed by atoms with Crippen molar-refractivity contribution >= 4 is 11.6 Å². The number of hydrogen-bond acceptors (Lipinski definition) is 6. The fourth-order valence-corrected chi connectivity index (χ4v) is 2.30. The summed E-state index contributed by atoms with van der Waals surface area (Å²) < 4.78 is 15.4. The van der Waals surface area contributed by atoms with E-state index in [0.29, 0.717) is 33.9 Å². The van der Waals surface area contributed by atoms with Gasteiger partial charge in [0, 0.05) is 16.7 Å². The number of ether oxygens (including phenoxy) is 3. The van der Waals surface area contributed by atoms with Crippen LogP contribution in [-0.4, -0.2) is 38.0 Å². The van der Waals surface area contributed by atoms with Crippen LogP contribution in [0.4, 0.5) is 0 Å². The van der Waals surface area contributed by atoms with Gasteiger partial charge in [0.1, 0.15) is 12.2 Å². The van der Waals surface area contributed by atoms with Gasteiger partial charge in [0.2, 0.25) is 0 Å². The summed E-state index contributed by atoms with van der Waals surface area (Å²) in [5.74, 6) is 0.386. The molecule has 131 valence electrons. The Balaban J connectivity index is 2.19. The number of rotatable bonds is 8. The van der Waals surface area contributed by atoms with E-state index in [9.17, 15) is 14.7 Å². The van der Waals surface area contributed by atoms with E-state index in [1.54, 1.807) is 18.2 Å². The molecule has 0 unspecified atom stereocenters. The van der Waals surface area contributed by atoms with Crippen LogP contribution in [0, 0.1) is 6.42 Å². The molecule has 0 aliphatic rings. The smallest absolute Gasteiger partial charge is 0.175 e. The van der Waals surface area contributed by atoms with Crippen molar-refractivity contribution in [2.45, 2.75) is 6.61 Å². The van der Waals surface area contributed by atoms with E-state index in [0.717, 1.165) is 6.42 Å². The summed E-state index contributed by atoms with van der Waals surface area (Å²) >= 11 is 0. The van der Waals surface area contributed by atoms with Gasteiger partial charge in [-0.25, -0.2) is 0 Å². The summed E-state index contributed by atoms with van der Waals surface area (Å²) in [4.78, 5) is 24.7. The van der Waals surface area contributed by atoms with E-state index in [4.69, 9.17) is 14.2 Å². The molecule has 0 amide bonds. The first-order chi connectivity index (χ1) is 12.0. The zero-order valence-corrected chi connectivity index (χ0v) is 14.2. The molecule has 2 aromatic carbocycles. The molecule has 0 aliphatic heterocycles. The summed E-state index contributed by atoms with van der Waals surface area (Å²) in [6.45, 7) is -0.202. The lowest BCUT2D eigenvalue weighted by Crippen LogP contribution is -2.10. The molecule has 0 bridgehead atoms. The predicted molar refractivity (Wildman–Crippen MR) is 91.4 cm³/mol. The molecule has 2 rings (SSSR count). The number of hydrogen-bond donors (Lipinski definition) is 1. The second kappa shape index (κ2) is 8.30. The van der Waals surface area contributed by atoms with Crippen LogP contribution in [0.5, 0.6) is 17.2 Å². The zero-order valence-electron chi connectivity index (χ0n) is 14.2. The van der Waals surface area contributed by atoms with Gasteiger partial charge in [0.15, 0.2) is 23.1 Å². The van der Waals surface area contributed by atoms with Crippen LogP contribution >= 0.6 is 0 Å². The van der Waals surface area contributed by atoms with E-state index in [-0.39, 0.29) is 6.61 Å². The number of aliphatic hydroxyl groups is 1. The van der Waals surface area contributed by atoms with Crippen molar-refractivity contribution in [2.24, 2.45) is 0 Å². The van der Waals surface area contributed by atoms with Crippen molar-refractivity contribution in [2.75, 3.05) is 21.3 Å². The van der Waals surface area contributed by atoms with Crippen LogP contribution in [-0.2, 0) is 6.61 Å². The van der Waals surface area contributed by atoms with Crippen molar-refractivity contribution < 1.29 is 28.9 Å². The van der Waals surface area contributed by atoms with Gasteiger partial charge in [-0.3, -0.25) is 9.59 Å². The molecule has 0 fully saturated rings. The highest BCUT2D eigenvalue weighted by molar-refractivity contribution is 6.23. The van der Waals surface area contributed by atoms with Crippen LogP contribution in [0.3, 0.4) is 0 Å². The molecule has 0 aliphatic carbocycles. The number of carbonyl (C=O) groups excluding carboxylic acids is 2. The number of ketones is 2. The van der Waals surface area contributed by atoms with E-state index < -0.39 is 11.6 Å². The minimum absolute atomic E-state index is 0.202.